The molecule has 1 fully saturated rings. The van der Waals surface area contributed by atoms with Crippen molar-refractivity contribution in [1.29, 1.82) is 0 Å². The van der Waals surface area contributed by atoms with Crippen molar-refractivity contribution in [3.63, 3.8) is 0 Å². The highest BCUT2D eigenvalue weighted by atomic mass is 35.5. The summed E-state index contributed by atoms with van der Waals surface area (Å²) in [6.07, 6.45) is -1.60. The minimum Gasteiger partial charge on any atom is -0.378 e. The van der Waals surface area contributed by atoms with Gasteiger partial charge in [0.25, 0.3) is 11.8 Å². The molecule has 1 saturated heterocycles. The molecule has 3 heterocycles. The number of imidazole rings is 1. The summed E-state index contributed by atoms with van der Waals surface area (Å²) in [6, 6.07) is 11.2. The second-order valence-electron chi connectivity index (χ2n) is 10.4. The standard InChI is InChI=1S/C29H28ClF3N8O3/c1-37(2)19-5-7-20(8-6-19)41-16-22(25(36-41)29(31,32)33)24-15-34-26(38(24)3)27(43)35-18-4-9-21(23(30)14-18)28(44)40-12-10-39(17-42)11-13-40/h4-9,14-17H,10-13H2,1-3H3,(H,35,43). The van der Waals surface area contributed by atoms with Gasteiger partial charge in [-0.25, -0.2) is 9.67 Å². The van der Waals surface area contributed by atoms with Crippen LogP contribution in [0.25, 0.3) is 16.9 Å². The normalized spacial score (nSPS) is 13.6. The molecule has 1 aliphatic heterocycles. The fraction of sp³-hybridized carbons (Fsp3) is 0.276. The fourth-order valence-electron chi connectivity index (χ4n) is 4.83. The van der Waals surface area contributed by atoms with Crippen molar-refractivity contribution in [2.24, 2.45) is 7.05 Å². The van der Waals surface area contributed by atoms with Gasteiger partial charge in [0.2, 0.25) is 6.41 Å². The van der Waals surface area contributed by atoms with Crippen molar-refractivity contribution in [2.45, 2.75) is 6.18 Å². The van der Waals surface area contributed by atoms with Gasteiger partial charge in [0, 0.05) is 64.9 Å². The summed E-state index contributed by atoms with van der Waals surface area (Å²) in [5.74, 6) is -1.15. The average Bonchev–Trinajstić information content (AvgIpc) is 3.61. The summed E-state index contributed by atoms with van der Waals surface area (Å²) in [5.41, 5.74) is 0.457. The molecule has 1 aliphatic rings. The molecular formula is C29H28ClF3N8O3. The zero-order valence-corrected chi connectivity index (χ0v) is 24.7. The summed E-state index contributed by atoms with van der Waals surface area (Å²) in [4.78, 5) is 46.1. The minimum atomic E-state index is -4.77. The van der Waals surface area contributed by atoms with E-state index in [2.05, 4.69) is 15.4 Å². The molecule has 230 valence electrons. The topological polar surface area (TPSA) is 109 Å². The van der Waals surface area contributed by atoms with Crippen molar-refractivity contribution in [3.05, 3.63) is 77.0 Å². The first-order chi connectivity index (χ1) is 20.9. The third kappa shape index (κ3) is 6.11. The van der Waals surface area contributed by atoms with Crippen molar-refractivity contribution in [3.8, 4) is 16.9 Å². The number of aromatic nitrogens is 4. The van der Waals surface area contributed by atoms with Crippen molar-refractivity contribution in [1.82, 2.24) is 29.1 Å². The number of carbonyl (C=O) groups excluding carboxylic acids is 3. The van der Waals surface area contributed by atoms with Crippen LogP contribution in [0.4, 0.5) is 24.5 Å². The first-order valence-corrected chi connectivity index (χ1v) is 13.8. The number of anilines is 2. The summed E-state index contributed by atoms with van der Waals surface area (Å²) >= 11 is 6.38. The van der Waals surface area contributed by atoms with Crippen LogP contribution < -0.4 is 10.2 Å². The van der Waals surface area contributed by atoms with Gasteiger partial charge >= 0.3 is 6.18 Å². The zero-order chi connectivity index (χ0) is 31.8. The van der Waals surface area contributed by atoms with E-state index in [1.807, 2.05) is 19.0 Å². The molecule has 0 bridgehead atoms. The summed E-state index contributed by atoms with van der Waals surface area (Å²) < 4.78 is 44.5. The van der Waals surface area contributed by atoms with E-state index in [9.17, 15) is 27.6 Å². The number of nitrogens with one attached hydrogen (secondary N) is 1. The first kappa shape index (κ1) is 30.6. The number of halogens is 4. The van der Waals surface area contributed by atoms with Gasteiger partial charge in [-0.05, 0) is 42.5 Å². The molecule has 15 heteroatoms. The molecule has 0 saturated carbocycles. The second kappa shape index (κ2) is 12.0. The maximum absolute atomic E-state index is 14.1. The number of amides is 3. The van der Waals surface area contributed by atoms with Crippen LogP contribution in [-0.2, 0) is 18.0 Å². The number of hydrogen-bond donors (Lipinski definition) is 1. The van der Waals surface area contributed by atoms with E-state index < -0.39 is 17.8 Å². The number of hydrogen-bond acceptors (Lipinski definition) is 6. The Hall–Kier alpha value is -4.85. The Kier molecular flexibility index (Phi) is 8.37. The Morgan fingerprint density at radius 2 is 1.73 bits per heavy atom. The minimum absolute atomic E-state index is 0.0345. The Bertz CT molecular complexity index is 1710. The maximum atomic E-state index is 14.1. The van der Waals surface area contributed by atoms with Gasteiger partial charge in [0.15, 0.2) is 11.5 Å². The highest BCUT2D eigenvalue weighted by molar-refractivity contribution is 6.34. The van der Waals surface area contributed by atoms with Crippen LogP contribution in [0.15, 0.2) is 54.9 Å². The van der Waals surface area contributed by atoms with Crippen molar-refractivity contribution in [2.75, 3.05) is 50.5 Å². The van der Waals surface area contributed by atoms with E-state index in [0.717, 1.165) is 16.8 Å². The summed E-state index contributed by atoms with van der Waals surface area (Å²) in [5, 5.41) is 6.55. The van der Waals surface area contributed by atoms with Crippen LogP contribution in [0.3, 0.4) is 0 Å². The third-order valence-corrected chi connectivity index (χ3v) is 7.60. The Morgan fingerprint density at radius 3 is 2.32 bits per heavy atom. The molecule has 0 aliphatic carbocycles. The molecule has 4 aromatic rings. The predicted molar refractivity (Wildman–Crippen MR) is 158 cm³/mol. The molecule has 1 N–H and O–H groups in total. The number of rotatable bonds is 7. The quantitative estimate of drug-likeness (QED) is 0.308. The summed E-state index contributed by atoms with van der Waals surface area (Å²) in [6.45, 7) is 1.57. The third-order valence-electron chi connectivity index (χ3n) is 7.29. The molecule has 0 unspecified atom stereocenters. The average molecular weight is 629 g/mol. The zero-order valence-electron chi connectivity index (χ0n) is 24.0. The molecule has 3 amide bonds. The lowest BCUT2D eigenvalue weighted by atomic mass is 10.1. The van der Waals surface area contributed by atoms with E-state index in [4.69, 9.17) is 11.6 Å². The molecule has 0 radical (unpaired) electrons. The van der Waals surface area contributed by atoms with Crippen molar-refractivity contribution < 1.29 is 27.6 Å². The van der Waals surface area contributed by atoms with Crippen LogP contribution in [0.1, 0.15) is 26.7 Å². The van der Waals surface area contributed by atoms with E-state index in [0.29, 0.717) is 31.9 Å². The van der Waals surface area contributed by atoms with Gasteiger partial charge in [-0.15, -0.1) is 0 Å². The smallest absolute Gasteiger partial charge is 0.378 e. The number of nitrogens with zero attached hydrogens (tertiary/aromatic N) is 7. The van der Waals surface area contributed by atoms with Crippen LogP contribution in [-0.4, -0.2) is 87.6 Å². The Labute approximate surface area is 255 Å². The molecule has 0 spiro atoms. The fourth-order valence-corrected chi connectivity index (χ4v) is 5.09. The van der Waals surface area contributed by atoms with Gasteiger partial charge in [-0.3, -0.25) is 14.4 Å². The molecule has 5 rings (SSSR count). The largest absolute Gasteiger partial charge is 0.435 e. The highest BCUT2D eigenvalue weighted by Crippen LogP contribution is 2.37. The second-order valence-corrected chi connectivity index (χ2v) is 10.8. The SMILES string of the molecule is CN(C)c1ccc(-n2cc(-c3cnc(C(=O)Nc4ccc(C(=O)N5CCN(C=O)CC5)c(Cl)c4)n3C)c(C(F)(F)F)n2)cc1. The van der Waals surface area contributed by atoms with E-state index in [1.165, 1.54) is 42.2 Å². The van der Waals surface area contributed by atoms with Crippen LogP contribution in [0.2, 0.25) is 5.02 Å². The van der Waals surface area contributed by atoms with Gasteiger partial charge < -0.3 is 24.6 Å². The first-order valence-electron chi connectivity index (χ1n) is 13.4. The number of benzene rings is 2. The summed E-state index contributed by atoms with van der Waals surface area (Å²) in [7, 11) is 5.13. The molecule has 11 nitrogen and oxygen atoms in total. The maximum Gasteiger partial charge on any atom is 0.435 e. The lowest BCUT2D eigenvalue weighted by molar-refractivity contribution is -0.140. The Balaban J connectivity index is 1.36. The van der Waals surface area contributed by atoms with Crippen LogP contribution >= 0.6 is 11.6 Å². The van der Waals surface area contributed by atoms with Gasteiger partial charge in [0.05, 0.1) is 33.7 Å². The molecule has 0 atom stereocenters. The van der Waals surface area contributed by atoms with Crippen LogP contribution in [0.5, 0.6) is 0 Å². The molecule has 2 aromatic carbocycles. The van der Waals surface area contributed by atoms with Crippen molar-refractivity contribution >= 4 is 41.2 Å². The lowest BCUT2D eigenvalue weighted by Gasteiger charge is -2.32. The van der Waals surface area contributed by atoms with Gasteiger partial charge in [-0.1, -0.05) is 11.6 Å². The van der Waals surface area contributed by atoms with Crippen LogP contribution in [0, 0.1) is 0 Å². The molecule has 2 aromatic heterocycles. The van der Waals surface area contributed by atoms with E-state index in [-0.39, 0.29) is 39.3 Å². The number of piperazine rings is 1. The monoisotopic (exact) mass is 628 g/mol. The van der Waals surface area contributed by atoms with E-state index >= 15 is 0 Å². The van der Waals surface area contributed by atoms with E-state index in [1.54, 1.807) is 34.1 Å². The Morgan fingerprint density at radius 1 is 1.05 bits per heavy atom. The van der Waals surface area contributed by atoms with Gasteiger partial charge in [0.1, 0.15) is 0 Å². The molecular weight excluding hydrogens is 601 g/mol. The molecule has 44 heavy (non-hydrogen) atoms. The highest BCUT2D eigenvalue weighted by Gasteiger charge is 2.39. The van der Waals surface area contributed by atoms with Gasteiger partial charge in [-0.2, -0.15) is 18.3 Å². The number of carbonyl (C=O) groups is 3. The predicted octanol–water partition coefficient (Wildman–Crippen LogP) is 4.18. The number of alkyl halides is 3. The lowest BCUT2D eigenvalue weighted by Crippen LogP contribution is -2.48.